The SMILES string of the molecule is C[Si](C)(I)CCCN1C(=O)C(c2cccs2)=c2cc3c(cc21)=C(c1cccs1)C(=O)N3CCC[Si](C)(C)O[Si](C)(C)C. The largest absolute Gasteiger partial charge is 0.456 e. The molecule has 42 heavy (non-hydrogen) atoms. The van der Waals surface area contributed by atoms with Crippen molar-refractivity contribution < 1.29 is 13.7 Å². The molecule has 5 rings (SSSR count). The molecule has 4 heterocycles. The van der Waals surface area contributed by atoms with Crippen LogP contribution in [0.2, 0.25) is 57.9 Å². The van der Waals surface area contributed by atoms with Crippen molar-refractivity contribution in [3.63, 3.8) is 0 Å². The molecule has 2 aliphatic heterocycles. The smallest absolute Gasteiger partial charge is 0.260 e. The molecule has 1 aromatic carbocycles. The number of hydrogen-bond acceptors (Lipinski definition) is 5. The fraction of sp³-hybridized carbons (Fsp3) is 0.419. The first-order valence-corrected chi connectivity index (χ1v) is 29.3. The Hall–Kier alpha value is -1.36. The Morgan fingerprint density at radius 3 is 1.57 bits per heavy atom. The number of carbonyl (C=O) groups excluding carboxylic acids is 2. The topological polar surface area (TPSA) is 49.9 Å². The average Bonchev–Trinajstić information content (AvgIpc) is 3.64. The third-order valence-electron chi connectivity index (χ3n) is 7.58. The molecule has 0 spiro atoms. The van der Waals surface area contributed by atoms with Crippen molar-refractivity contribution in [2.45, 2.75) is 70.8 Å². The number of thiophene rings is 2. The number of hydrogen-bond donors (Lipinski definition) is 0. The molecule has 5 nitrogen and oxygen atoms in total. The van der Waals surface area contributed by atoms with Gasteiger partial charge in [-0.3, -0.25) is 9.59 Å². The van der Waals surface area contributed by atoms with Gasteiger partial charge in [-0.05, 0) is 92.7 Å². The van der Waals surface area contributed by atoms with Crippen LogP contribution in [0.1, 0.15) is 22.6 Å². The van der Waals surface area contributed by atoms with E-state index >= 15 is 0 Å². The van der Waals surface area contributed by atoms with Gasteiger partial charge in [-0.1, -0.05) is 25.2 Å². The number of benzene rings is 1. The second-order valence-electron chi connectivity index (χ2n) is 13.4. The standard InChI is InChI=1S/C31H41IN2O3S2Si3/c1-40(2,3)37-42(6,7)19-11-15-34-25-21-22-24(20-23(25)29(31(34)36)27-13-9-17-39-27)33(14-10-18-41(4,5)32)30(35)28(22)26-12-8-16-38-26/h8-9,12-13,16-17,20-21H,10-11,14-15,18-19H2,1-7H3. The minimum absolute atomic E-state index is 0.0647. The van der Waals surface area contributed by atoms with Crippen LogP contribution in [0, 0.1) is 0 Å². The van der Waals surface area contributed by atoms with E-state index in [0.717, 1.165) is 67.6 Å². The first-order valence-electron chi connectivity index (χ1n) is 14.7. The third-order valence-corrected chi connectivity index (χ3v) is 18.7. The van der Waals surface area contributed by atoms with E-state index < -0.39 is 22.2 Å². The predicted molar refractivity (Wildman–Crippen MR) is 196 cm³/mol. The highest BCUT2D eigenvalue weighted by atomic mass is 127. The van der Waals surface area contributed by atoms with Gasteiger partial charge in [-0.2, -0.15) is 0 Å². The van der Waals surface area contributed by atoms with Crippen molar-refractivity contribution in [3.05, 3.63) is 67.3 Å². The van der Waals surface area contributed by atoms with Crippen LogP contribution in [0.3, 0.4) is 0 Å². The van der Waals surface area contributed by atoms with Gasteiger partial charge in [0.25, 0.3) is 11.8 Å². The second kappa shape index (κ2) is 12.2. The van der Waals surface area contributed by atoms with Crippen LogP contribution in [0.4, 0.5) is 11.4 Å². The van der Waals surface area contributed by atoms with Crippen molar-refractivity contribution >= 4 is 101 Å². The van der Waals surface area contributed by atoms with Gasteiger partial charge in [-0.25, -0.2) is 0 Å². The van der Waals surface area contributed by atoms with Crippen LogP contribution >= 0.6 is 44.5 Å². The van der Waals surface area contributed by atoms with Gasteiger partial charge in [0.15, 0.2) is 16.6 Å². The summed E-state index contributed by atoms with van der Waals surface area (Å²) in [7, 11) is -3.47. The lowest BCUT2D eigenvalue weighted by molar-refractivity contribution is -0.113. The summed E-state index contributed by atoms with van der Waals surface area (Å²) in [5.74, 6) is 0.144. The van der Waals surface area contributed by atoms with Crippen molar-refractivity contribution in [1.82, 2.24) is 0 Å². The molecule has 0 unspecified atom stereocenters. The van der Waals surface area contributed by atoms with E-state index in [4.69, 9.17) is 4.12 Å². The molecule has 2 amide bonds. The number of rotatable bonds is 12. The van der Waals surface area contributed by atoms with E-state index in [2.05, 4.69) is 79.8 Å². The van der Waals surface area contributed by atoms with Crippen LogP contribution < -0.4 is 20.2 Å². The van der Waals surface area contributed by atoms with Crippen LogP contribution in [-0.2, 0) is 13.7 Å². The quantitative estimate of drug-likeness (QED) is 0.110. The summed E-state index contributed by atoms with van der Waals surface area (Å²) in [4.78, 5) is 34.0. The zero-order valence-electron chi connectivity index (χ0n) is 25.7. The maximum absolute atomic E-state index is 14.1. The lowest BCUT2D eigenvalue weighted by Crippen LogP contribution is -2.42. The lowest BCUT2D eigenvalue weighted by Gasteiger charge is -2.32. The molecule has 0 atom stereocenters. The maximum atomic E-state index is 14.1. The highest BCUT2D eigenvalue weighted by molar-refractivity contribution is 14.1. The molecule has 0 N–H and O–H groups in total. The zero-order chi connectivity index (χ0) is 30.4. The normalized spacial score (nSPS) is 15.7. The molecule has 11 heteroatoms. The first kappa shape index (κ1) is 32.0. The first-order chi connectivity index (χ1) is 19.7. The number of nitrogens with zero attached hydrogens (tertiary/aromatic N) is 2. The Morgan fingerprint density at radius 2 is 1.19 bits per heavy atom. The molecular weight excluding hydrogens is 724 g/mol. The number of anilines is 2. The third kappa shape index (κ3) is 6.97. The Balaban J connectivity index is 1.58. The second-order valence-corrected chi connectivity index (χ2v) is 37.1. The Bertz CT molecular complexity index is 1610. The average molecular weight is 765 g/mol. The summed E-state index contributed by atoms with van der Waals surface area (Å²) in [6.45, 7) is 17.4. The molecule has 2 aliphatic rings. The Kier molecular flexibility index (Phi) is 9.31. The van der Waals surface area contributed by atoms with Gasteiger partial charge in [0.2, 0.25) is 0 Å². The van der Waals surface area contributed by atoms with Crippen LogP contribution in [0.5, 0.6) is 0 Å². The Labute approximate surface area is 273 Å². The minimum atomic E-state index is -1.84. The maximum Gasteiger partial charge on any atom is 0.260 e. The van der Waals surface area contributed by atoms with E-state index in [0.29, 0.717) is 13.1 Å². The molecule has 0 fully saturated rings. The molecule has 3 aromatic rings. The van der Waals surface area contributed by atoms with Gasteiger partial charge in [0, 0.05) is 33.3 Å². The van der Waals surface area contributed by atoms with Crippen molar-refractivity contribution in [2.75, 3.05) is 22.9 Å². The van der Waals surface area contributed by atoms with Gasteiger partial charge in [0.1, 0.15) is 5.57 Å². The van der Waals surface area contributed by atoms with E-state index in [9.17, 15) is 9.59 Å². The number of fused-ring (bicyclic) bond motifs is 2. The highest BCUT2D eigenvalue weighted by Gasteiger charge is 2.37. The summed E-state index contributed by atoms with van der Waals surface area (Å²) in [6, 6.07) is 14.5. The van der Waals surface area contributed by atoms with Crippen LogP contribution in [0.25, 0.3) is 11.1 Å². The van der Waals surface area contributed by atoms with E-state index in [1.54, 1.807) is 22.7 Å². The van der Waals surface area contributed by atoms with Crippen molar-refractivity contribution in [1.29, 1.82) is 0 Å². The number of carbonyl (C=O) groups is 2. The fourth-order valence-corrected chi connectivity index (χ4v) is 17.8. The summed E-state index contributed by atoms with van der Waals surface area (Å²) >= 11 is 5.83. The van der Waals surface area contributed by atoms with Gasteiger partial charge in [0.05, 0.1) is 22.5 Å². The number of amides is 2. The summed E-state index contributed by atoms with van der Waals surface area (Å²) in [6.07, 6.45) is 1.88. The summed E-state index contributed by atoms with van der Waals surface area (Å²) in [5.41, 5.74) is 2.13. The zero-order valence-corrected chi connectivity index (χ0v) is 32.5. The van der Waals surface area contributed by atoms with Crippen LogP contribution in [0.15, 0.2) is 47.2 Å². The molecule has 0 saturated heterocycles. The molecule has 2 aromatic heterocycles. The van der Waals surface area contributed by atoms with Gasteiger partial charge >= 0.3 is 0 Å². The van der Waals surface area contributed by atoms with Crippen molar-refractivity contribution in [3.8, 4) is 0 Å². The van der Waals surface area contributed by atoms with Crippen molar-refractivity contribution in [2.24, 2.45) is 0 Å². The monoisotopic (exact) mass is 764 g/mol. The predicted octanol–water partition coefficient (Wildman–Crippen LogP) is 7.38. The highest BCUT2D eigenvalue weighted by Crippen LogP contribution is 2.34. The summed E-state index contributed by atoms with van der Waals surface area (Å²) in [5, 5.41) is 5.96. The van der Waals surface area contributed by atoms with E-state index in [1.165, 1.54) is 0 Å². The number of halogens is 1. The molecule has 0 saturated carbocycles. The minimum Gasteiger partial charge on any atom is -0.456 e. The lowest BCUT2D eigenvalue weighted by atomic mass is 10.1. The van der Waals surface area contributed by atoms with Gasteiger partial charge in [-0.15, -0.1) is 44.5 Å². The van der Waals surface area contributed by atoms with E-state index in [-0.39, 0.29) is 11.8 Å². The van der Waals surface area contributed by atoms with E-state index in [1.807, 2.05) is 44.8 Å². The fourth-order valence-electron chi connectivity index (χ4n) is 6.11. The molecule has 0 radical (unpaired) electrons. The molecule has 0 bridgehead atoms. The molecule has 0 aliphatic carbocycles. The van der Waals surface area contributed by atoms with Crippen LogP contribution in [-0.4, -0.2) is 47.1 Å². The summed E-state index contributed by atoms with van der Waals surface area (Å²) < 4.78 is 6.59. The molecule has 224 valence electrons. The molecular formula is C31H41IN2O3S2Si3. The Morgan fingerprint density at radius 1 is 0.738 bits per heavy atom. The van der Waals surface area contributed by atoms with Gasteiger partial charge < -0.3 is 13.9 Å².